The molecular weight excluding hydrogens is 504 g/mol. The van der Waals surface area contributed by atoms with Crippen molar-refractivity contribution in [3.63, 3.8) is 0 Å². The summed E-state index contributed by atoms with van der Waals surface area (Å²) in [4.78, 5) is 25.5. The lowest BCUT2D eigenvalue weighted by Gasteiger charge is -2.11. The van der Waals surface area contributed by atoms with Crippen LogP contribution in [0, 0.1) is 0 Å². The Hall–Kier alpha value is -5.63. The van der Waals surface area contributed by atoms with Crippen LogP contribution in [0.3, 0.4) is 0 Å². The Bertz CT molecular complexity index is 1850. The van der Waals surface area contributed by atoms with E-state index >= 15 is 0 Å². The van der Waals surface area contributed by atoms with Crippen LogP contribution in [0.5, 0.6) is 17.2 Å². The van der Waals surface area contributed by atoms with Gasteiger partial charge in [0, 0.05) is 40.8 Å². The fourth-order valence-electron chi connectivity index (χ4n) is 4.77. The van der Waals surface area contributed by atoms with Gasteiger partial charge in [-0.05, 0) is 47.2 Å². The molecule has 0 spiro atoms. The zero-order valence-corrected chi connectivity index (χ0v) is 21.1. The highest BCUT2D eigenvalue weighted by atomic mass is 16.7. The number of H-pyrrole nitrogens is 1. The number of aromatic nitrogens is 3. The van der Waals surface area contributed by atoms with Gasteiger partial charge in [-0.3, -0.25) is 10.3 Å². The van der Waals surface area contributed by atoms with Gasteiger partial charge in [-0.25, -0.2) is 9.78 Å². The summed E-state index contributed by atoms with van der Waals surface area (Å²) in [5.41, 5.74) is 5.06. The Morgan fingerprint density at radius 2 is 1.68 bits per heavy atom. The smallest absolute Gasteiger partial charge is 0.417 e. The van der Waals surface area contributed by atoms with Gasteiger partial charge in [0.1, 0.15) is 11.6 Å². The first-order valence-electron chi connectivity index (χ1n) is 12.7. The van der Waals surface area contributed by atoms with Gasteiger partial charge >= 0.3 is 6.09 Å². The largest absolute Gasteiger partial charge is 0.454 e. The average Bonchev–Trinajstić information content (AvgIpc) is 3.65. The molecule has 6 aromatic rings. The summed E-state index contributed by atoms with van der Waals surface area (Å²) in [5, 5.41) is 4.64. The Morgan fingerprint density at radius 3 is 2.55 bits per heavy atom. The van der Waals surface area contributed by atoms with Crippen molar-refractivity contribution in [2.45, 2.75) is 0 Å². The van der Waals surface area contributed by atoms with Gasteiger partial charge in [0.2, 0.25) is 6.79 Å². The van der Waals surface area contributed by atoms with Gasteiger partial charge in [0.05, 0.1) is 11.4 Å². The monoisotopic (exact) mass is 526 g/mol. The summed E-state index contributed by atoms with van der Waals surface area (Å²) >= 11 is 0. The summed E-state index contributed by atoms with van der Waals surface area (Å²) in [6.07, 6.45) is 2.91. The summed E-state index contributed by atoms with van der Waals surface area (Å²) < 4.78 is 16.4. The van der Waals surface area contributed by atoms with Crippen molar-refractivity contribution >= 4 is 22.6 Å². The number of pyridine rings is 1. The van der Waals surface area contributed by atoms with Crippen LogP contribution in [0.25, 0.3) is 44.7 Å². The van der Waals surface area contributed by atoms with E-state index in [1.807, 2.05) is 72.8 Å². The molecule has 2 aromatic heterocycles. The molecular formula is C32H22N4O4. The molecule has 1 amide bonds. The van der Waals surface area contributed by atoms with Crippen molar-refractivity contribution in [3.05, 3.63) is 109 Å². The zero-order valence-electron chi connectivity index (χ0n) is 21.1. The van der Waals surface area contributed by atoms with Crippen LogP contribution >= 0.6 is 0 Å². The number of amides is 1. The van der Waals surface area contributed by atoms with Gasteiger partial charge in [-0.15, -0.1) is 0 Å². The van der Waals surface area contributed by atoms with Crippen LogP contribution in [0.1, 0.15) is 0 Å². The predicted octanol–water partition coefficient (Wildman–Crippen LogP) is 7.30. The molecule has 3 heterocycles. The standard InChI is InChI=1S/C32H22N4O4/c37-32(34-23-10-12-27-28(17-23)39-19-38-27)40-24-11-9-20-7-4-8-25(26(20)18-24)30-29(21-13-15-33-16-14-21)35-31(36-30)22-5-2-1-3-6-22/h1-18H,19H2,(H,34,37)(H,35,36). The van der Waals surface area contributed by atoms with Crippen LogP contribution in [0.15, 0.2) is 109 Å². The first kappa shape index (κ1) is 23.5. The number of nitrogens with one attached hydrogen (secondary N) is 2. The first-order valence-corrected chi connectivity index (χ1v) is 12.7. The maximum atomic E-state index is 12.7. The SMILES string of the molecule is O=C(Nc1ccc2c(c1)OCO2)Oc1ccc2cccc(-c3nc(-c4ccccc4)[nH]c3-c3ccncc3)c2c1. The number of hydrogen-bond donors (Lipinski definition) is 2. The van der Waals surface area contributed by atoms with Crippen molar-refractivity contribution in [3.8, 4) is 51.2 Å². The Labute approximate surface area is 229 Å². The van der Waals surface area contributed by atoms with Crippen molar-refractivity contribution in [1.82, 2.24) is 15.0 Å². The Kier molecular flexibility index (Phi) is 5.82. The molecule has 0 radical (unpaired) electrons. The predicted molar refractivity (Wildman–Crippen MR) is 152 cm³/mol. The molecule has 1 aliphatic heterocycles. The maximum absolute atomic E-state index is 12.7. The van der Waals surface area contributed by atoms with Gasteiger partial charge in [0.25, 0.3) is 0 Å². The molecule has 40 heavy (non-hydrogen) atoms. The molecule has 8 nitrogen and oxygen atoms in total. The Balaban J connectivity index is 1.25. The third-order valence-corrected chi connectivity index (χ3v) is 6.66. The molecule has 1 aliphatic rings. The second kappa shape index (κ2) is 9.92. The number of hydrogen-bond acceptors (Lipinski definition) is 6. The topological polar surface area (TPSA) is 98.4 Å². The van der Waals surface area contributed by atoms with E-state index in [0.29, 0.717) is 22.9 Å². The van der Waals surface area contributed by atoms with E-state index in [2.05, 4.69) is 15.3 Å². The second-order valence-electron chi connectivity index (χ2n) is 9.18. The third-order valence-electron chi connectivity index (χ3n) is 6.66. The molecule has 4 aromatic carbocycles. The fraction of sp³-hybridized carbons (Fsp3) is 0.0312. The summed E-state index contributed by atoms with van der Waals surface area (Å²) in [6, 6.07) is 30.7. The molecule has 0 saturated carbocycles. The summed E-state index contributed by atoms with van der Waals surface area (Å²) in [7, 11) is 0. The lowest BCUT2D eigenvalue weighted by molar-refractivity contribution is 0.174. The number of fused-ring (bicyclic) bond motifs is 2. The van der Waals surface area contributed by atoms with Crippen LogP contribution < -0.4 is 19.5 Å². The fourth-order valence-corrected chi connectivity index (χ4v) is 4.77. The van der Waals surface area contributed by atoms with Crippen molar-refractivity contribution in [2.75, 3.05) is 12.1 Å². The van der Waals surface area contributed by atoms with E-state index in [1.165, 1.54) is 0 Å². The average molecular weight is 527 g/mol. The Morgan fingerprint density at radius 1 is 0.825 bits per heavy atom. The van der Waals surface area contributed by atoms with Crippen molar-refractivity contribution in [1.29, 1.82) is 0 Å². The number of aromatic amines is 1. The van der Waals surface area contributed by atoms with Crippen LogP contribution in [-0.2, 0) is 0 Å². The molecule has 0 aliphatic carbocycles. The molecule has 0 fully saturated rings. The summed E-state index contributed by atoms with van der Waals surface area (Å²) in [6.45, 7) is 0.161. The first-order chi connectivity index (χ1) is 19.7. The third kappa shape index (κ3) is 4.48. The molecule has 0 atom stereocenters. The summed E-state index contributed by atoms with van der Waals surface area (Å²) in [5.74, 6) is 2.38. The minimum Gasteiger partial charge on any atom is -0.454 e. The van der Waals surface area contributed by atoms with Gasteiger partial charge in [-0.2, -0.15) is 0 Å². The van der Waals surface area contributed by atoms with Crippen molar-refractivity contribution < 1.29 is 19.0 Å². The van der Waals surface area contributed by atoms with Gasteiger partial charge in [-0.1, -0.05) is 54.6 Å². The number of ether oxygens (including phenoxy) is 3. The van der Waals surface area contributed by atoms with E-state index in [0.717, 1.165) is 44.7 Å². The zero-order chi connectivity index (χ0) is 26.9. The number of carbonyl (C=O) groups is 1. The molecule has 7 rings (SSSR count). The molecule has 2 N–H and O–H groups in total. The van der Waals surface area contributed by atoms with Crippen molar-refractivity contribution in [2.24, 2.45) is 0 Å². The van der Waals surface area contributed by atoms with E-state index < -0.39 is 6.09 Å². The normalized spacial score (nSPS) is 11.9. The molecule has 0 unspecified atom stereocenters. The van der Waals surface area contributed by atoms with Crippen LogP contribution in [-0.4, -0.2) is 27.8 Å². The number of rotatable bonds is 5. The highest BCUT2D eigenvalue weighted by Gasteiger charge is 2.19. The van der Waals surface area contributed by atoms with E-state index in [1.54, 1.807) is 36.7 Å². The molecule has 0 bridgehead atoms. The van der Waals surface area contributed by atoms with Gasteiger partial charge < -0.3 is 19.2 Å². The van der Waals surface area contributed by atoms with E-state index in [-0.39, 0.29) is 6.79 Å². The highest BCUT2D eigenvalue weighted by molar-refractivity contribution is 6.00. The number of anilines is 1. The number of nitrogens with zero attached hydrogens (tertiary/aromatic N) is 2. The highest BCUT2D eigenvalue weighted by Crippen LogP contribution is 2.38. The minimum absolute atomic E-state index is 0.161. The van der Waals surface area contributed by atoms with Crippen LogP contribution in [0.4, 0.5) is 10.5 Å². The van der Waals surface area contributed by atoms with E-state index in [9.17, 15) is 4.79 Å². The van der Waals surface area contributed by atoms with Crippen LogP contribution in [0.2, 0.25) is 0 Å². The maximum Gasteiger partial charge on any atom is 0.417 e. The molecule has 0 saturated heterocycles. The van der Waals surface area contributed by atoms with Gasteiger partial charge in [0.15, 0.2) is 11.5 Å². The van der Waals surface area contributed by atoms with E-state index in [4.69, 9.17) is 19.2 Å². The molecule has 8 heteroatoms. The number of imidazole rings is 1. The number of carbonyl (C=O) groups excluding carboxylic acids is 1. The number of benzene rings is 4. The second-order valence-corrected chi connectivity index (χ2v) is 9.18. The minimum atomic E-state index is -0.612. The lowest BCUT2D eigenvalue weighted by Crippen LogP contribution is -2.16. The quantitative estimate of drug-likeness (QED) is 0.245. The lowest BCUT2D eigenvalue weighted by atomic mass is 9.99. The molecule has 194 valence electrons.